The van der Waals surface area contributed by atoms with Crippen LogP contribution in [0.1, 0.15) is 36.7 Å². The number of aliphatic hydroxyl groups excluding tert-OH is 1. The molecular weight excluding hydrogens is 257 g/mol. The highest BCUT2D eigenvalue weighted by molar-refractivity contribution is 5.94. The number of benzene rings is 1. The van der Waals surface area contributed by atoms with E-state index >= 15 is 0 Å². The van der Waals surface area contributed by atoms with Crippen LogP contribution in [-0.2, 0) is 0 Å². The fourth-order valence-electron chi connectivity index (χ4n) is 1.89. The number of halogens is 1. The van der Waals surface area contributed by atoms with Gasteiger partial charge in [0.05, 0.1) is 5.56 Å². The van der Waals surface area contributed by atoms with E-state index in [1.165, 1.54) is 12.1 Å². The first kappa shape index (κ1) is 16.2. The predicted molar refractivity (Wildman–Crippen MR) is 76.8 cm³/mol. The number of nitrogens with zero attached hydrogens (tertiary/aromatic N) is 1. The Balaban J connectivity index is 2.92. The zero-order chi connectivity index (χ0) is 15.3. The van der Waals surface area contributed by atoms with E-state index in [-0.39, 0.29) is 23.5 Å². The molecule has 1 amide bonds. The van der Waals surface area contributed by atoms with Crippen LogP contribution in [0.3, 0.4) is 0 Å². The van der Waals surface area contributed by atoms with E-state index in [1.54, 1.807) is 18.0 Å². The van der Waals surface area contributed by atoms with Crippen molar-refractivity contribution in [3.63, 3.8) is 0 Å². The Morgan fingerprint density at radius 1 is 1.40 bits per heavy atom. The lowest BCUT2D eigenvalue weighted by Gasteiger charge is -2.26. The van der Waals surface area contributed by atoms with Crippen molar-refractivity contribution in [2.24, 2.45) is 5.41 Å². The second-order valence-electron chi connectivity index (χ2n) is 5.88. The Bertz CT molecular complexity index is 550. The fourth-order valence-corrected chi connectivity index (χ4v) is 1.89. The summed E-state index contributed by atoms with van der Waals surface area (Å²) in [5.74, 6) is 4.10. The van der Waals surface area contributed by atoms with Crippen molar-refractivity contribution in [2.75, 3.05) is 20.2 Å². The highest BCUT2D eigenvalue weighted by Crippen LogP contribution is 2.17. The maximum atomic E-state index is 13.8. The lowest BCUT2D eigenvalue weighted by atomic mass is 9.96. The molecular formula is C16H20FNO2. The van der Waals surface area contributed by atoms with Crippen LogP contribution < -0.4 is 0 Å². The molecule has 1 aromatic carbocycles. The van der Waals surface area contributed by atoms with Crippen LogP contribution in [0.4, 0.5) is 4.39 Å². The maximum absolute atomic E-state index is 13.8. The molecule has 0 saturated heterocycles. The molecule has 0 unspecified atom stereocenters. The van der Waals surface area contributed by atoms with Crippen molar-refractivity contribution in [3.8, 4) is 11.8 Å². The summed E-state index contributed by atoms with van der Waals surface area (Å²) in [6.07, 6.45) is 0. The van der Waals surface area contributed by atoms with Crippen molar-refractivity contribution in [1.29, 1.82) is 0 Å². The minimum Gasteiger partial charge on any atom is -0.384 e. The van der Waals surface area contributed by atoms with Crippen LogP contribution in [-0.4, -0.2) is 36.1 Å². The maximum Gasteiger partial charge on any atom is 0.253 e. The van der Waals surface area contributed by atoms with E-state index in [0.29, 0.717) is 12.1 Å². The van der Waals surface area contributed by atoms with Gasteiger partial charge in [0.1, 0.15) is 12.4 Å². The first-order valence-corrected chi connectivity index (χ1v) is 6.39. The van der Waals surface area contributed by atoms with Gasteiger partial charge in [-0.15, -0.1) is 0 Å². The summed E-state index contributed by atoms with van der Waals surface area (Å²) in [6, 6.07) is 4.19. The summed E-state index contributed by atoms with van der Waals surface area (Å²) in [4.78, 5) is 13.8. The molecule has 0 aliphatic carbocycles. The minimum atomic E-state index is -0.555. The first-order valence-electron chi connectivity index (χ1n) is 6.39. The first-order chi connectivity index (χ1) is 9.24. The number of aliphatic hydroxyl groups is 1. The second kappa shape index (κ2) is 6.53. The molecule has 0 bridgehead atoms. The smallest absolute Gasteiger partial charge is 0.253 e. The number of hydrogen-bond acceptors (Lipinski definition) is 2. The van der Waals surface area contributed by atoms with E-state index in [4.69, 9.17) is 5.11 Å². The summed E-state index contributed by atoms with van der Waals surface area (Å²) in [6.45, 7) is 6.36. The zero-order valence-electron chi connectivity index (χ0n) is 12.3. The van der Waals surface area contributed by atoms with E-state index in [2.05, 4.69) is 11.8 Å². The summed E-state index contributed by atoms with van der Waals surface area (Å²) < 4.78 is 13.8. The molecule has 0 aliphatic heterocycles. The minimum absolute atomic E-state index is 0.0184. The van der Waals surface area contributed by atoms with E-state index in [9.17, 15) is 9.18 Å². The third kappa shape index (κ3) is 4.67. The summed E-state index contributed by atoms with van der Waals surface area (Å²) in [7, 11) is 1.70. The number of hydrogen-bond donors (Lipinski definition) is 1. The quantitative estimate of drug-likeness (QED) is 0.843. The molecule has 0 saturated carbocycles. The molecule has 0 atom stereocenters. The van der Waals surface area contributed by atoms with Crippen molar-refractivity contribution >= 4 is 5.91 Å². The van der Waals surface area contributed by atoms with Crippen molar-refractivity contribution < 1.29 is 14.3 Å². The number of rotatable bonds is 2. The van der Waals surface area contributed by atoms with Gasteiger partial charge >= 0.3 is 0 Å². The molecule has 108 valence electrons. The van der Waals surface area contributed by atoms with Gasteiger partial charge in [0.2, 0.25) is 0 Å². The lowest BCUT2D eigenvalue weighted by Crippen LogP contribution is -2.34. The van der Waals surface area contributed by atoms with Crippen LogP contribution in [0.15, 0.2) is 18.2 Å². The molecule has 1 aromatic rings. The van der Waals surface area contributed by atoms with Gasteiger partial charge in [-0.2, -0.15) is 0 Å². The normalized spacial score (nSPS) is 10.7. The van der Waals surface area contributed by atoms with Gasteiger partial charge in [0, 0.05) is 19.2 Å². The Kier molecular flexibility index (Phi) is 5.29. The number of amides is 1. The van der Waals surface area contributed by atoms with Crippen molar-refractivity contribution in [3.05, 3.63) is 35.1 Å². The number of carbonyl (C=O) groups excluding carboxylic acids is 1. The Morgan fingerprint density at radius 3 is 2.55 bits per heavy atom. The summed E-state index contributed by atoms with van der Waals surface area (Å²) in [5.41, 5.74) is 0.452. The molecule has 4 heteroatoms. The van der Waals surface area contributed by atoms with Crippen LogP contribution in [0.2, 0.25) is 0 Å². The van der Waals surface area contributed by atoms with E-state index < -0.39 is 5.82 Å². The van der Waals surface area contributed by atoms with Gasteiger partial charge in [-0.25, -0.2) is 4.39 Å². The Hall–Kier alpha value is -1.86. The molecule has 0 aromatic heterocycles. The molecule has 0 spiro atoms. The average Bonchev–Trinajstić information content (AvgIpc) is 2.34. The van der Waals surface area contributed by atoms with Gasteiger partial charge in [0.15, 0.2) is 0 Å². The fraction of sp³-hybridized carbons (Fsp3) is 0.438. The van der Waals surface area contributed by atoms with Gasteiger partial charge in [-0.05, 0) is 23.6 Å². The largest absolute Gasteiger partial charge is 0.384 e. The lowest BCUT2D eigenvalue weighted by molar-refractivity contribution is 0.0745. The third-order valence-corrected chi connectivity index (χ3v) is 2.58. The highest BCUT2D eigenvalue weighted by Gasteiger charge is 2.19. The Morgan fingerprint density at radius 2 is 2.05 bits per heavy atom. The molecule has 0 aliphatic rings. The molecule has 3 nitrogen and oxygen atoms in total. The SMILES string of the molecule is CN(CC(C)(C)C)C(=O)c1ccc(C#CCO)c(F)c1. The predicted octanol–water partition coefficient (Wildman–Crippen LogP) is 2.29. The van der Waals surface area contributed by atoms with Crippen LogP contribution in [0, 0.1) is 23.1 Å². The van der Waals surface area contributed by atoms with Crippen LogP contribution >= 0.6 is 0 Å². The molecule has 0 heterocycles. The Labute approximate surface area is 119 Å². The molecule has 0 fully saturated rings. The van der Waals surface area contributed by atoms with E-state index in [1.807, 2.05) is 20.8 Å². The summed E-state index contributed by atoms with van der Waals surface area (Å²) >= 11 is 0. The summed E-state index contributed by atoms with van der Waals surface area (Å²) in [5, 5.41) is 8.59. The van der Waals surface area contributed by atoms with Gasteiger partial charge in [-0.1, -0.05) is 32.6 Å². The topological polar surface area (TPSA) is 40.5 Å². The molecule has 20 heavy (non-hydrogen) atoms. The average molecular weight is 277 g/mol. The number of carbonyl (C=O) groups is 1. The van der Waals surface area contributed by atoms with Gasteiger partial charge in [0.25, 0.3) is 5.91 Å². The standard InChI is InChI=1S/C16H20FNO2/c1-16(2,3)11-18(4)15(20)13-8-7-12(6-5-9-19)14(17)10-13/h7-8,10,19H,9,11H2,1-4H3. The van der Waals surface area contributed by atoms with E-state index in [0.717, 1.165) is 0 Å². The third-order valence-electron chi connectivity index (χ3n) is 2.58. The highest BCUT2D eigenvalue weighted by atomic mass is 19.1. The van der Waals surface area contributed by atoms with Gasteiger partial charge in [-0.3, -0.25) is 4.79 Å². The van der Waals surface area contributed by atoms with Crippen LogP contribution in [0.25, 0.3) is 0 Å². The molecule has 1 N–H and O–H groups in total. The monoisotopic (exact) mass is 277 g/mol. The molecule has 0 radical (unpaired) electrons. The molecule has 1 rings (SSSR count). The van der Waals surface area contributed by atoms with Crippen LogP contribution in [0.5, 0.6) is 0 Å². The van der Waals surface area contributed by atoms with Gasteiger partial charge < -0.3 is 10.0 Å². The van der Waals surface area contributed by atoms with Crippen molar-refractivity contribution in [1.82, 2.24) is 4.90 Å². The second-order valence-corrected chi connectivity index (χ2v) is 5.88. The zero-order valence-corrected chi connectivity index (χ0v) is 12.3. The van der Waals surface area contributed by atoms with Crippen molar-refractivity contribution in [2.45, 2.75) is 20.8 Å².